The van der Waals surface area contributed by atoms with Gasteiger partial charge < -0.3 is 4.90 Å². The lowest BCUT2D eigenvalue weighted by atomic mass is 9.70. The summed E-state index contributed by atoms with van der Waals surface area (Å²) in [4.78, 5) is 8.01. The van der Waals surface area contributed by atoms with Gasteiger partial charge in [0.25, 0.3) is 0 Å². The van der Waals surface area contributed by atoms with E-state index in [0.29, 0.717) is 0 Å². The van der Waals surface area contributed by atoms with Crippen LogP contribution in [0.5, 0.6) is 0 Å². The van der Waals surface area contributed by atoms with Gasteiger partial charge in [-0.15, -0.1) is 0 Å². The molecule has 4 aliphatic rings. The van der Waals surface area contributed by atoms with E-state index in [4.69, 9.17) is 4.98 Å². The first-order chi connectivity index (χ1) is 35.7. The van der Waals surface area contributed by atoms with E-state index in [2.05, 4.69) is 270 Å². The number of hydrogen-bond donors (Lipinski definition) is 0. The summed E-state index contributed by atoms with van der Waals surface area (Å²) in [7, 11) is 0. The quantitative estimate of drug-likeness (QED) is 0.172. The topological polar surface area (TPSA) is 21.1 Å². The fraction of sp³-hybridized carbons (Fsp3) is 0.0290. The Morgan fingerprint density at radius 2 is 0.750 bits per heavy atom. The van der Waals surface area contributed by atoms with Crippen LogP contribution in [0.3, 0.4) is 0 Å². The molecule has 0 fully saturated rings. The Labute approximate surface area is 418 Å². The normalized spacial score (nSPS) is 15.4. The highest BCUT2D eigenvalue weighted by atomic mass is 15.2. The summed E-state index contributed by atoms with van der Waals surface area (Å²) in [6.07, 6.45) is 0. The first-order valence-corrected chi connectivity index (χ1v) is 25.0. The van der Waals surface area contributed by atoms with Gasteiger partial charge in [0.05, 0.1) is 22.1 Å². The summed E-state index contributed by atoms with van der Waals surface area (Å²) in [5.74, 6) is 1.04. The molecule has 334 valence electrons. The van der Waals surface area contributed by atoms with Crippen molar-refractivity contribution < 1.29 is 0 Å². The van der Waals surface area contributed by atoms with Crippen LogP contribution in [-0.4, -0.2) is 9.55 Å². The van der Waals surface area contributed by atoms with Crippen molar-refractivity contribution in [2.75, 3.05) is 4.90 Å². The molecule has 0 saturated carbocycles. The van der Waals surface area contributed by atoms with E-state index in [0.717, 1.165) is 39.5 Å². The Balaban J connectivity index is 0.901. The molecule has 2 heterocycles. The highest BCUT2D eigenvalue weighted by Gasteiger charge is 2.55. The number of nitrogens with zero attached hydrogens (tertiary/aromatic N) is 3. The van der Waals surface area contributed by atoms with Gasteiger partial charge in [-0.2, -0.15) is 0 Å². The van der Waals surface area contributed by atoms with Gasteiger partial charge in [0.2, 0.25) is 0 Å². The smallest absolute Gasteiger partial charge is 0.134 e. The number of benzene rings is 11. The average molecular weight is 914 g/mol. The summed E-state index contributed by atoms with van der Waals surface area (Å²) in [5.41, 5.74) is 27.1. The number of para-hydroxylation sites is 3. The maximum Gasteiger partial charge on any atom is 0.134 e. The first kappa shape index (κ1) is 39.5. The van der Waals surface area contributed by atoms with E-state index in [1.807, 2.05) is 0 Å². The second-order valence-corrected chi connectivity index (χ2v) is 19.7. The molecule has 1 aliphatic heterocycles. The molecule has 12 aromatic rings. The van der Waals surface area contributed by atoms with Crippen molar-refractivity contribution in [2.24, 2.45) is 0 Å². The largest absolute Gasteiger partial charge is 0.310 e. The lowest BCUT2D eigenvalue weighted by Crippen LogP contribution is -2.27. The zero-order chi connectivity index (χ0) is 47.1. The second kappa shape index (κ2) is 14.6. The Morgan fingerprint density at radius 3 is 1.43 bits per heavy atom. The molecule has 0 amide bonds. The minimum Gasteiger partial charge on any atom is -0.310 e. The third kappa shape index (κ3) is 5.06. The molecule has 3 aliphatic carbocycles. The third-order valence-corrected chi connectivity index (χ3v) is 16.4. The van der Waals surface area contributed by atoms with E-state index >= 15 is 0 Å². The van der Waals surface area contributed by atoms with E-state index in [1.165, 1.54) is 94.7 Å². The Kier molecular flexibility index (Phi) is 8.02. The van der Waals surface area contributed by atoms with Crippen LogP contribution in [0, 0.1) is 0 Å². The van der Waals surface area contributed by atoms with Crippen molar-refractivity contribution in [1.29, 1.82) is 0 Å². The van der Waals surface area contributed by atoms with E-state index in [9.17, 15) is 0 Å². The fourth-order valence-electron chi connectivity index (χ4n) is 13.5. The van der Waals surface area contributed by atoms with Gasteiger partial charge in [-0.05, 0) is 155 Å². The van der Waals surface area contributed by atoms with Crippen molar-refractivity contribution in [3.05, 3.63) is 306 Å². The van der Waals surface area contributed by atoms with Gasteiger partial charge in [-0.25, -0.2) is 4.98 Å². The number of fused-ring (bicyclic) bond motifs is 22. The molecule has 1 aromatic heterocycles. The van der Waals surface area contributed by atoms with Gasteiger partial charge in [0, 0.05) is 17.1 Å². The van der Waals surface area contributed by atoms with Gasteiger partial charge >= 0.3 is 0 Å². The highest BCUT2D eigenvalue weighted by Crippen LogP contribution is 2.64. The minimum atomic E-state index is -0.627. The standard InChI is InChI=1S/C69H43N3/c1-2-17-44(18-3-1)45-33-36-48(37-34-45)71(50-38-40-56-54-24-7-11-28-60(54)69(63(56)43-50)61-29-12-14-31-65(61)72-66-32-15-13-30-64(66)70-67(69)72)49-20-16-19-46(41-49)47-35-39-55-53-23-6-10-27-59(53)68(62(55)42-47)57-25-8-4-21-51(57)52-22-5-9-26-58(52)68/h1-43H. The maximum absolute atomic E-state index is 5.55. The molecule has 0 N–H and O–H groups in total. The van der Waals surface area contributed by atoms with Crippen LogP contribution in [0.4, 0.5) is 17.1 Å². The third-order valence-electron chi connectivity index (χ3n) is 16.4. The minimum absolute atomic E-state index is 0.420. The second-order valence-electron chi connectivity index (χ2n) is 19.7. The molecule has 72 heavy (non-hydrogen) atoms. The molecule has 11 aromatic carbocycles. The summed E-state index contributed by atoms with van der Waals surface area (Å²) in [5, 5.41) is 0. The molecular weight excluding hydrogens is 871 g/mol. The molecular formula is C69H43N3. The van der Waals surface area contributed by atoms with Crippen molar-refractivity contribution in [2.45, 2.75) is 10.8 Å². The monoisotopic (exact) mass is 913 g/mol. The highest BCUT2D eigenvalue weighted by molar-refractivity contribution is 5.97. The van der Waals surface area contributed by atoms with Crippen LogP contribution < -0.4 is 4.90 Å². The average Bonchev–Trinajstić information content (AvgIpc) is 4.23. The number of imidazole rings is 1. The van der Waals surface area contributed by atoms with E-state index in [-0.39, 0.29) is 0 Å². The van der Waals surface area contributed by atoms with Crippen LogP contribution in [-0.2, 0) is 10.8 Å². The summed E-state index contributed by atoms with van der Waals surface area (Å²) in [6.45, 7) is 0. The van der Waals surface area contributed by atoms with Crippen LogP contribution in [0.25, 0.3) is 72.4 Å². The molecule has 3 heteroatoms. The Hall–Kier alpha value is -9.31. The van der Waals surface area contributed by atoms with E-state index in [1.54, 1.807) is 0 Å². The van der Waals surface area contributed by atoms with Gasteiger partial charge in [0.15, 0.2) is 0 Å². The molecule has 0 radical (unpaired) electrons. The fourth-order valence-corrected chi connectivity index (χ4v) is 13.5. The summed E-state index contributed by atoms with van der Waals surface area (Å²) < 4.78 is 2.41. The molecule has 16 rings (SSSR count). The zero-order valence-corrected chi connectivity index (χ0v) is 39.2. The summed E-state index contributed by atoms with van der Waals surface area (Å²) >= 11 is 0. The number of anilines is 3. The van der Waals surface area contributed by atoms with Gasteiger partial charge in [-0.1, -0.05) is 200 Å². The van der Waals surface area contributed by atoms with Crippen LogP contribution in [0.15, 0.2) is 261 Å². The lowest BCUT2D eigenvalue weighted by Gasteiger charge is -2.31. The van der Waals surface area contributed by atoms with Crippen LogP contribution in [0.1, 0.15) is 44.8 Å². The SMILES string of the molecule is c1ccc(-c2ccc(N(c3cccc(-c4ccc5c(c4)C4(c6ccccc6-c6ccccc64)c4ccccc4-5)c3)c3ccc4c(c3)C3(c5ccccc5-4)c4ccccc4-n4c3nc3ccccc34)cc2)cc1. The molecule has 0 saturated heterocycles. The maximum atomic E-state index is 5.55. The zero-order valence-electron chi connectivity index (χ0n) is 39.2. The molecule has 3 nitrogen and oxygen atoms in total. The molecule has 2 spiro atoms. The van der Waals surface area contributed by atoms with Gasteiger partial charge in [-0.3, -0.25) is 4.57 Å². The van der Waals surface area contributed by atoms with Crippen molar-refractivity contribution in [1.82, 2.24) is 9.55 Å². The Bertz CT molecular complexity index is 4170. The predicted octanol–water partition coefficient (Wildman–Crippen LogP) is 16.8. The lowest BCUT2D eigenvalue weighted by molar-refractivity contribution is 0.738. The predicted molar refractivity (Wildman–Crippen MR) is 294 cm³/mol. The van der Waals surface area contributed by atoms with Crippen molar-refractivity contribution >= 4 is 28.1 Å². The van der Waals surface area contributed by atoms with Gasteiger partial charge in [0.1, 0.15) is 11.2 Å². The number of aromatic nitrogens is 2. The molecule has 0 bridgehead atoms. The molecule has 1 atom stereocenters. The van der Waals surface area contributed by atoms with E-state index < -0.39 is 10.8 Å². The number of rotatable bonds is 5. The summed E-state index contributed by atoms with van der Waals surface area (Å²) in [6, 6.07) is 96.9. The Morgan fingerprint density at radius 1 is 0.292 bits per heavy atom. The first-order valence-electron chi connectivity index (χ1n) is 25.0. The molecule has 1 unspecified atom stereocenters. The van der Waals surface area contributed by atoms with Crippen LogP contribution >= 0.6 is 0 Å². The van der Waals surface area contributed by atoms with Crippen molar-refractivity contribution in [3.8, 4) is 61.3 Å². The number of hydrogen-bond acceptors (Lipinski definition) is 2. The van der Waals surface area contributed by atoms with Crippen LogP contribution in [0.2, 0.25) is 0 Å². The van der Waals surface area contributed by atoms with Crippen molar-refractivity contribution in [3.63, 3.8) is 0 Å².